The van der Waals surface area contributed by atoms with Gasteiger partial charge in [0.2, 0.25) is 0 Å². The molecule has 1 aromatic heterocycles. The van der Waals surface area contributed by atoms with Crippen molar-refractivity contribution >= 4 is 5.78 Å². The number of benzene rings is 2. The summed E-state index contributed by atoms with van der Waals surface area (Å²) >= 11 is 0. The van der Waals surface area contributed by atoms with Crippen LogP contribution in [0.5, 0.6) is 11.5 Å². The lowest BCUT2D eigenvalue weighted by Crippen LogP contribution is -2.10. The molecule has 0 atom stereocenters. The highest BCUT2D eigenvalue weighted by Gasteiger charge is 2.26. The van der Waals surface area contributed by atoms with E-state index in [0.717, 1.165) is 52.4 Å². The Kier molecular flexibility index (Phi) is 3.69. The van der Waals surface area contributed by atoms with E-state index in [1.807, 2.05) is 61.5 Å². The molecule has 4 rings (SSSR count). The summed E-state index contributed by atoms with van der Waals surface area (Å²) in [4.78, 5) is 15.7. The van der Waals surface area contributed by atoms with Crippen LogP contribution >= 0.6 is 0 Å². The molecule has 0 saturated carbocycles. The topological polar surface area (TPSA) is 42.1 Å². The zero-order valence-corrected chi connectivity index (χ0v) is 13.6. The van der Waals surface area contributed by atoms with Crippen molar-refractivity contribution in [1.82, 2.24) is 4.98 Å². The summed E-state index contributed by atoms with van der Waals surface area (Å²) < 4.78 is 6.09. The van der Waals surface area contributed by atoms with E-state index in [4.69, 9.17) is 4.74 Å². The zero-order valence-electron chi connectivity index (χ0n) is 13.6. The van der Waals surface area contributed by atoms with E-state index in [0.29, 0.717) is 6.42 Å². The maximum absolute atomic E-state index is 12.3. The van der Waals surface area contributed by atoms with Gasteiger partial charge in [0, 0.05) is 23.2 Å². The first kappa shape index (κ1) is 14.8. The molecule has 24 heavy (non-hydrogen) atoms. The summed E-state index contributed by atoms with van der Waals surface area (Å²) in [7, 11) is 0. The summed E-state index contributed by atoms with van der Waals surface area (Å²) in [5.41, 5.74) is 4.99. The molecule has 3 heteroatoms. The Hall–Kier alpha value is -2.81. The van der Waals surface area contributed by atoms with Gasteiger partial charge in [-0.25, -0.2) is 0 Å². The van der Waals surface area contributed by atoms with Crippen LogP contribution in [0.1, 0.15) is 34.5 Å². The second kappa shape index (κ2) is 6.00. The molecule has 1 aliphatic rings. The molecule has 0 radical (unpaired) electrons. The summed E-state index contributed by atoms with van der Waals surface area (Å²) in [6.45, 7) is 1.98. The van der Waals surface area contributed by atoms with Crippen molar-refractivity contribution in [2.24, 2.45) is 0 Å². The molecule has 0 fully saturated rings. The fraction of sp³-hybridized carbons (Fsp3) is 0.190. The minimum Gasteiger partial charge on any atom is -0.457 e. The predicted molar refractivity (Wildman–Crippen MR) is 94.8 cm³/mol. The average Bonchev–Trinajstić information content (AvgIpc) is 2.94. The molecule has 2 aromatic carbocycles. The number of Topliss-reactive ketones (excluding diaryl/α,β-unsaturated/α-hetero) is 1. The first-order valence-electron chi connectivity index (χ1n) is 8.31. The highest BCUT2D eigenvalue weighted by atomic mass is 16.5. The summed E-state index contributed by atoms with van der Waals surface area (Å²) in [5, 5.41) is 0. The minimum absolute atomic E-state index is 0.248. The van der Waals surface area contributed by atoms with E-state index in [1.165, 1.54) is 0 Å². The van der Waals surface area contributed by atoms with E-state index < -0.39 is 0 Å². The van der Waals surface area contributed by atoms with Crippen LogP contribution in [0.15, 0.2) is 54.6 Å². The third kappa shape index (κ3) is 2.52. The molecule has 3 aromatic rings. The van der Waals surface area contributed by atoms with Gasteiger partial charge < -0.3 is 9.72 Å². The lowest BCUT2D eigenvalue weighted by molar-refractivity contribution is 0.0972. The molecule has 0 saturated heterocycles. The third-order valence-electron chi connectivity index (χ3n) is 4.53. The van der Waals surface area contributed by atoms with Crippen LogP contribution < -0.4 is 4.74 Å². The Bertz CT molecular complexity index is 893. The number of H-pyrrole nitrogens is 1. The van der Waals surface area contributed by atoms with Crippen LogP contribution in [-0.4, -0.2) is 10.8 Å². The molecular weight excluding hydrogens is 298 g/mol. The van der Waals surface area contributed by atoms with E-state index in [1.54, 1.807) is 0 Å². The lowest BCUT2D eigenvalue weighted by atomic mass is 9.89. The van der Waals surface area contributed by atoms with Crippen molar-refractivity contribution in [2.45, 2.75) is 26.2 Å². The van der Waals surface area contributed by atoms with Gasteiger partial charge in [-0.3, -0.25) is 4.79 Å². The van der Waals surface area contributed by atoms with Crippen LogP contribution in [0.2, 0.25) is 0 Å². The van der Waals surface area contributed by atoms with Crippen LogP contribution in [0, 0.1) is 6.92 Å². The van der Waals surface area contributed by atoms with E-state index in [2.05, 4.69) is 4.98 Å². The fourth-order valence-electron chi connectivity index (χ4n) is 3.46. The standard InChI is InChI=1S/C21H19NO2/c1-14-20-17(11-7-12-18(20)23)21(22-14)16-10-5-6-13-19(16)24-15-8-3-2-4-9-15/h2-6,8-10,13,22H,7,11-12H2,1H3. The molecule has 3 nitrogen and oxygen atoms in total. The van der Waals surface area contributed by atoms with Gasteiger partial charge >= 0.3 is 0 Å². The molecule has 0 bridgehead atoms. The van der Waals surface area contributed by atoms with Crippen molar-refractivity contribution in [3.8, 4) is 22.8 Å². The first-order valence-corrected chi connectivity index (χ1v) is 8.31. The van der Waals surface area contributed by atoms with Crippen LogP contribution in [0.4, 0.5) is 0 Å². The van der Waals surface area contributed by atoms with Gasteiger partial charge in [-0.2, -0.15) is 0 Å². The van der Waals surface area contributed by atoms with E-state index in [9.17, 15) is 4.79 Å². The average molecular weight is 317 g/mol. The molecule has 1 N–H and O–H groups in total. The molecule has 1 heterocycles. The Morgan fingerprint density at radius 1 is 0.958 bits per heavy atom. The molecule has 0 unspecified atom stereocenters. The number of carbonyl (C=O) groups excluding carboxylic acids is 1. The van der Waals surface area contributed by atoms with Gasteiger partial charge in [0.1, 0.15) is 11.5 Å². The number of aryl methyl sites for hydroxylation is 1. The fourth-order valence-corrected chi connectivity index (χ4v) is 3.46. The number of carbonyl (C=O) groups is 1. The smallest absolute Gasteiger partial charge is 0.164 e. The summed E-state index contributed by atoms with van der Waals surface area (Å²) in [6.07, 6.45) is 2.49. The van der Waals surface area contributed by atoms with Gasteiger partial charge in [0.25, 0.3) is 0 Å². The number of hydrogen-bond donors (Lipinski definition) is 1. The minimum atomic E-state index is 0.248. The Balaban J connectivity index is 1.81. The number of ketones is 1. The number of aromatic nitrogens is 1. The number of hydrogen-bond acceptors (Lipinski definition) is 2. The van der Waals surface area contributed by atoms with Crippen molar-refractivity contribution in [1.29, 1.82) is 0 Å². The second-order valence-electron chi connectivity index (χ2n) is 6.17. The molecular formula is C21H19NO2. The molecule has 0 spiro atoms. The maximum atomic E-state index is 12.3. The molecule has 0 amide bonds. The quantitative estimate of drug-likeness (QED) is 0.712. The number of aromatic amines is 1. The maximum Gasteiger partial charge on any atom is 0.164 e. The monoisotopic (exact) mass is 317 g/mol. The molecule has 0 aliphatic heterocycles. The highest BCUT2D eigenvalue weighted by Crippen LogP contribution is 2.39. The van der Waals surface area contributed by atoms with Gasteiger partial charge in [0.15, 0.2) is 5.78 Å². The number of ether oxygens (including phenoxy) is 1. The van der Waals surface area contributed by atoms with Crippen molar-refractivity contribution in [3.63, 3.8) is 0 Å². The molecule has 1 aliphatic carbocycles. The predicted octanol–water partition coefficient (Wildman–Crippen LogP) is 5.30. The van der Waals surface area contributed by atoms with Crippen molar-refractivity contribution in [3.05, 3.63) is 71.4 Å². The normalized spacial score (nSPS) is 13.6. The Morgan fingerprint density at radius 3 is 2.54 bits per heavy atom. The highest BCUT2D eigenvalue weighted by molar-refractivity contribution is 6.01. The van der Waals surface area contributed by atoms with E-state index >= 15 is 0 Å². The molecule has 120 valence electrons. The van der Waals surface area contributed by atoms with Gasteiger partial charge in [-0.15, -0.1) is 0 Å². The second-order valence-corrected chi connectivity index (χ2v) is 6.17. The SMILES string of the molecule is Cc1[nH]c(-c2ccccc2Oc2ccccc2)c2c1C(=O)CCC2. The Morgan fingerprint density at radius 2 is 1.71 bits per heavy atom. The summed E-state index contributed by atoms with van der Waals surface area (Å²) in [5.74, 6) is 1.85. The zero-order chi connectivity index (χ0) is 16.5. The number of rotatable bonds is 3. The number of para-hydroxylation sites is 2. The number of nitrogens with one attached hydrogen (secondary N) is 1. The number of fused-ring (bicyclic) bond motifs is 1. The first-order chi connectivity index (χ1) is 11.7. The van der Waals surface area contributed by atoms with Crippen LogP contribution in [0.25, 0.3) is 11.3 Å². The van der Waals surface area contributed by atoms with Gasteiger partial charge in [0.05, 0.1) is 5.69 Å². The largest absolute Gasteiger partial charge is 0.457 e. The lowest BCUT2D eigenvalue weighted by Gasteiger charge is -2.15. The van der Waals surface area contributed by atoms with Gasteiger partial charge in [-0.1, -0.05) is 30.3 Å². The van der Waals surface area contributed by atoms with Gasteiger partial charge in [-0.05, 0) is 49.6 Å². The third-order valence-corrected chi connectivity index (χ3v) is 4.53. The Labute approximate surface area is 141 Å². The van der Waals surface area contributed by atoms with Crippen molar-refractivity contribution in [2.75, 3.05) is 0 Å². The van der Waals surface area contributed by atoms with E-state index in [-0.39, 0.29) is 5.78 Å². The van der Waals surface area contributed by atoms with Crippen molar-refractivity contribution < 1.29 is 9.53 Å². The van der Waals surface area contributed by atoms with Crippen LogP contribution in [-0.2, 0) is 6.42 Å². The van der Waals surface area contributed by atoms with Crippen LogP contribution in [0.3, 0.4) is 0 Å². The summed E-state index contributed by atoms with van der Waals surface area (Å²) in [6, 6.07) is 17.7.